The molecule has 0 saturated heterocycles. The van der Waals surface area contributed by atoms with E-state index in [0.717, 1.165) is 41.9 Å². The number of aryl methyl sites for hydroxylation is 3. The Balaban J connectivity index is 2.02. The average Bonchev–Trinajstić information content (AvgIpc) is 2.93. The van der Waals surface area contributed by atoms with Crippen molar-refractivity contribution in [1.29, 1.82) is 0 Å². The zero-order chi connectivity index (χ0) is 14.8. The molecule has 0 aromatic carbocycles. The molecule has 2 aromatic heterocycles. The van der Waals surface area contributed by atoms with Gasteiger partial charge in [-0.05, 0) is 49.4 Å². The number of nitrogens with one attached hydrogen (secondary N) is 1. The van der Waals surface area contributed by atoms with E-state index in [1.165, 1.54) is 5.56 Å². The summed E-state index contributed by atoms with van der Waals surface area (Å²) in [7, 11) is 0. The van der Waals surface area contributed by atoms with Crippen LogP contribution in [0.2, 0.25) is 0 Å². The average molecular weight is 283 g/mol. The Kier molecular flexibility index (Phi) is 3.94. The minimum atomic E-state index is 0.0327. The summed E-state index contributed by atoms with van der Waals surface area (Å²) in [5.41, 5.74) is 8.57. The largest absolute Gasteiger partial charge is 0.271 e. The van der Waals surface area contributed by atoms with Crippen molar-refractivity contribution < 1.29 is 0 Å². The van der Waals surface area contributed by atoms with Crippen LogP contribution in [0, 0.1) is 6.92 Å². The van der Waals surface area contributed by atoms with Gasteiger partial charge in [0.05, 0.1) is 17.4 Å². The third kappa shape index (κ3) is 2.54. The SMILES string of the molecule is CCc1nnc(C)cc1C(NN)C1CCc2cccnc21. The van der Waals surface area contributed by atoms with Crippen LogP contribution in [0.1, 0.15) is 53.5 Å². The minimum absolute atomic E-state index is 0.0327. The summed E-state index contributed by atoms with van der Waals surface area (Å²) in [5, 5.41) is 8.49. The number of nitrogens with two attached hydrogens (primary N) is 1. The number of hydrazine groups is 1. The lowest BCUT2D eigenvalue weighted by Gasteiger charge is -2.25. The van der Waals surface area contributed by atoms with Gasteiger partial charge in [-0.25, -0.2) is 0 Å². The van der Waals surface area contributed by atoms with Gasteiger partial charge in [-0.15, -0.1) is 0 Å². The van der Waals surface area contributed by atoms with Gasteiger partial charge in [-0.2, -0.15) is 10.2 Å². The fraction of sp³-hybridized carbons (Fsp3) is 0.438. The van der Waals surface area contributed by atoms with Crippen molar-refractivity contribution in [2.45, 2.75) is 45.1 Å². The molecule has 3 rings (SSSR count). The molecule has 5 nitrogen and oxygen atoms in total. The molecule has 2 heterocycles. The molecule has 0 amide bonds. The van der Waals surface area contributed by atoms with E-state index in [1.807, 2.05) is 19.2 Å². The second kappa shape index (κ2) is 5.87. The number of hydrogen-bond acceptors (Lipinski definition) is 5. The molecule has 2 aromatic rings. The maximum Gasteiger partial charge on any atom is 0.0677 e. The standard InChI is InChI=1S/C16H21N5/c1-3-14-13(9-10(2)20-21-14)16(19-17)12-7-6-11-5-4-8-18-15(11)12/h4-5,8-9,12,16,19H,3,6-7,17H2,1-2H3. The van der Waals surface area contributed by atoms with Crippen LogP contribution in [0.15, 0.2) is 24.4 Å². The van der Waals surface area contributed by atoms with E-state index in [-0.39, 0.29) is 6.04 Å². The molecule has 0 fully saturated rings. The third-order valence-corrected chi connectivity index (χ3v) is 4.28. The van der Waals surface area contributed by atoms with Gasteiger partial charge in [0, 0.05) is 17.8 Å². The summed E-state index contributed by atoms with van der Waals surface area (Å²) in [6.07, 6.45) is 4.83. The van der Waals surface area contributed by atoms with Gasteiger partial charge in [-0.3, -0.25) is 16.3 Å². The molecule has 0 radical (unpaired) electrons. The molecule has 0 spiro atoms. The van der Waals surface area contributed by atoms with Crippen molar-refractivity contribution in [3.63, 3.8) is 0 Å². The number of hydrogen-bond donors (Lipinski definition) is 2. The first-order chi connectivity index (χ1) is 10.2. The summed E-state index contributed by atoms with van der Waals surface area (Å²) in [4.78, 5) is 4.58. The Labute approximate surface area is 125 Å². The predicted molar refractivity (Wildman–Crippen MR) is 81.5 cm³/mol. The zero-order valence-corrected chi connectivity index (χ0v) is 12.5. The van der Waals surface area contributed by atoms with Gasteiger partial charge >= 0.3 is 0 Å². The van der Waals surface area contributed by atoms with Crippen molar-refractivity contribution in [1.82, 2.24) is 20.6 Å². The summed E-state index contributed by atoms with van der Waals surface area (Å²) in [5.74, 6) is 6.18. The Morgan fingerprint density at radius 1 is 1.43 bits per heavy atom. The second-order valence-electron chi connectivity index (χ2n) is 5.58. The van der Waals surface area contributed by atoms with Gasteiger partial charge < -0.3 is 0 Å². The van der Waals surface area contributed by atoms with Crippen LogP contribution in [-0.4, -0.2) is 15.2 Å². The number of aromatic nitrogens is 3. The zero-order valence-electron chi connectivity index (χ0n) is 12.5. The molecule has 5 heteroatoms. The van der Waals surface area contributed by atoms with E-state index in [2.05, 4.69) is 39.7 Å². The Morgan fingerprint density at radius 2 is 2.29 bits per heavy atom. The molecule has 1 aliphatic carbocycles. The van der Waals surface area contributed by atoms with Crippen molar-refractivity contribution in [2.75, 3.05) is 0 Å². The molecule has 0 saturated carbocycles. The van der Waals surface area contributed by atoms with Crippen molar-refractivity contribution in [2.24, 2.45) is 5.84 Å². The second-order valence-corrected chi connectivity index (χ2v) is 5.58. The van der Waals surface area contributed by atoms with Crippen molar-refractivity contribution >= 4 is 0 Å². The minimum Gasteiger partial charge on any atom is -0.271 e. The van der Waals surface area contributed by atoms with E-state index < -0.39 is 0 Å². The Hall–Kier alpha value is -1.85. The fourth-order valence-corrected chi connectivity index (χ4v) is 3.27. The Morgan fingerprint density at radius 3 is 3.05 bits per heavy atom. The van der Waals surface area contributed by atoms with E-state index in [9.17, 15) is 0 Å². The normalized spacial score (nSPS) is 18.5. The van der Waals surface area contributed by atoms with E-state index in [0.29, 0.717) is 5.92 Å². The smallest absolute Gasteiger partial charge is 0.0677 e. The van der Waals surface area contributed by atoms with Crippen LogP contribution >= 0.6 is 0 Å². The van der Waals surface area contributed by atoms with Gasteiger partial charge in [0.25, 0.3) is 0 Å². The van der Waals surface area contributed by atoms with Crippen LogP contribution in [0.5, 0.6) is 0 Å². The monoisotopic (exact) mass is 283 g/mol. The molecular formula is C16H21N5. The molecule has 2 atom stereocenters. The van der Waals surface area contributed by atoms with E-state index in [4.69, 9.17) is 5.84 Å². The molecular weight excluding hydrogens is 262 g/mol. The lowest BCUT2D eigenvalue weighted by Crippen LogP contribution is -2.33. The van der Waals surface area contributed by atoms with Crippen LogP contribution in [-0.2, 0) is 12.8 Å². The molecule has 0 bridgehead atoms. The molecule has 1 aliphatic rings. The summed E-state index contributed by atoms with van der Waals surface area (Å²) >= 11 is 0. The first-order valence-corrected chi connectivity index (χ1v) is 7.47. The molecule has 2 unspecified atom stereocenters. The number of fused-ring (bicyclic) bond motifs is 1. The van der Waals surface area contributed by atoms with Crippen LogP contribution in [0.3, 0.4) is 0 Å². The Bertz CT molecular complexity index is 640. The highest BCUT2D eigenvalue weighted by molar-refractivity contribution is 5.35. The van der Waals surface area contributed by atoms with Crippen LogP contribution < -0.4 is 11.3 Å². The number of pyridine rings is 1. The first-order valence-electron chi connectivity index (χ1n) is 7.47. The summed E-state index contributed by atoms with van der Waals surface area (Å²) in [6, 6.07) is 6.29. The molecule has 3 N–H and O–H groups in total. The van der Waals surface area contributed by atoms with E-state index in [1.54, 1.807) is 0 Å². The van der Waals surface area contributed by atoms with Gasteiger partial charge in [0.2, 0.25) is 0 Å². The molecule has 110 valence electrons. The van der Waals surface area contributed by atoms with Crippen LogP contribution in [0.25, 0.3) is 0 Å². The topological polar surface area (TPSA) is 76.7 Å². The maximum atomic E-state index is 5.89. The highest BCUT2D eigenvalue weighted by Gasteiger charge is 2.32. The summed E-state index contributed by atoms with van der Waals surface area (Å²) < 4.78 is 0. The van der Waals surface area contributed by atoms with E-state index >= 15 is 0 Å². The first kappa shape index (κ1) is 14.1. The molecule has 21 heavy (non-hydrogen) atoms. The number of nitrogens with zero attached hydrogens (tertiary/aromatic N) is 3. The quantitative estimate of drug-likeness (QED) is 0.663. The lowest BCUT2D eigenvalue weighted by molar-refractivity contribution is 0.441. The third-order valence-electron chi connectivity index (χ3n) is 4.28. The van der Waals surface area contributed by atoms with Gasteiger partial charge in [-0.1, -0.05) is 13.0 Å². The van der Waals surface area contributed by atoms with Gasteiger partial charge in [0.15, 0.2) is 0 Å². The van der Waals surface area contributed by atoms with Gasteiger partial charge in [0.1, 0.15) is 0 Å². The lowest BCUT2D eigenvalue weighted by atomic mass is 9.89. The molecule has 0 aliphatic heterocycles. The summed E-state index contributed by atoms with van der Waals surface area (Å²) in [6.45, 7) is 4.06. The van der Waals surface area contributed by atoms with Crippen molar-refractivity contribution in [3.05, 3.63) is 52.6 Å². The highest BCUT2D eigenvalue weighted by atomic mass is 15.2. The highest BCUT2D eigenvalue weighted by Crippen LogP contribution is 2.40. The predicted octanol–water partition coefficient (Wildman–Crippen LogP) is 1.98. The van der Waals surface area contributed by atoms with Crippen molar-refractivity contribution in [3.8, 4) is 0 Å². The maximum absolute atomic E-state index is 5.89. The fourth-order valence-electron chi connectivity index (χ4n) is 3.27. The number of rotatable bonds is 4. The van der Waals surface area contributed by atoms with Crippen LogP contribution in [0.4, 0.5) is 0 Å².